The fourth-order valence-corrected chi connectivity index (χ4v) is 1.92. The molecule has 0 aliphatic heterocycles. The highest BCUT2D eigenvalue weighted by Crippen LogP contribution is 2.19. The third kappa shape index (κ3) is 5.21. The fourth-order valence-electron chi connectivity index (χ4n) is 1.74. The van der Waals surface area contributed by atoms with Gasteiger partial charge < -0.3 is 10.2 Å². The Morgan fingerprint density at radius 2 is 2.05 bits per heavy atom. The summed E-state index contributed by atoms with van der Waals surface area (Å²) in [6.45, 7) is 6.10. The molecule has 0 aliphatic carbocycles. The molecule has 0 fully saturated rings. The largest absolute Gasteiger partial charge is 0.334 e. The number of amides is 2. The van der Waals surface area contributed by atoms with Gasteiger partial charge in [0.1, 0.15) is 0 Å². The standard InChI is InChI=1S/C15H21ClN2O2/c1-4-5-8-18(12(3)19)10-15(20)17-13-7-6-11(2)14(16)9-13/h6-7,9H,4-5,8,10H2,1-3H3,(H,17,20). The van der Waals surface area contributed by atoms with Crippen LogP contribution in [-0.2, 0) is 9.59 Å². The predicted octanol–water partition coefficient (Wildman–Crippen LogP) is 3.24. The summed E-state index contributed by atoms with van der Waals surface area (Å²) in [6, 6.07) is 5.35. The first-order valence-electron chi connectivity index (χ1n) is 6.75. The number of hydrogen-bond acceptors (Lipinski definition) is 2. The lowest BCUT2D eigenvalue weighted by Crippen LogP contribution is -2.37. The number of aryl methyl sites for hydroxylation is 1. The molecule has 5 heteroatoms. The van der Waals surface area contributed by atoms with Gasteiger partial charge >= 0.3 is 0 Å². The molecule has 0 bridgehead atoms. The Morgan fingerprint density at radius 3 is 2.60 bits per heavy atom. The van der Waals surface area contributed by atoms with Crippen LogP contribution in [0.3, 0.4) is 0 Å². The zero-order valence-corrected chi connectivity index (χ0v) is 13.0. The van der Waals surface area contributed by atoms with Gasteiger partial charge in [-0.3, -0.25) is 9.59 Å². The number of benzene rings is 1. The lowest BCUT2D eigenvalue weighted by atomic mass is 10.2. The van der Waals surface area contributed by atoms with Crippen molar-refractivity contribution in [2.24, 2.45) is 0 Å². The molecule has 0 aliphatic rings. The number of unbranched alkanes of at least 4 members (excludes halogenated alkanes) is 1. The lowest BCUT2D eigenvalue weighted by molar-refractivity contribution is -0.132. The second-order valence-corrected chi connectivity index (χ2v) is 5.21. The topological polar surface area (TPSA) is 49.4 Å². The summed E-state index contributed by atoms with van der Waals surface area (Å²) in [4.78, 5) is 25.0. The third-order valence-corrected chi connectivity index (χ3v) is 3.42. The highest BCUT2D eigenvalue weighted by atomic mass is 35.5. The molecular weight excluding hydrogens is 276 g/mol. The predicted molar refractivity (Wildman–Crippen MR) is 82.0 cm³/mol. The molecule has 1 aromatic carbocycles. The van der Waals surface area contributed by atoms with Crippen LogP contribution in [0.25, 0.3) is 0 Å². The van der Waals surface area contributed by atoms with Gasteiger partial charge in [0.15, 0.2) is 0 Å². The Bertz CT molecular complexity index is 489. The first-order chi connectivity index (χ1) is 9.43. The summed E-state index contributed by atoms with van der Waals surface area (Å²) < 4.78 is 0. The molecule has 0 aromatic heterocycles. The minimum Gasteiger partial charge on any atom is -0.334 e. The molecule has 110 valence electrons. The number of anilines is 1. The summed E-state index contributed by atoms with van der Waals surface area (Å²) in [7, 11) is 0. The molecule has 1 aromatic rings. The van der Waals surface area contributed by atoms with Crippen LogP contribution in [0.4, 0.5) is 5.69 Å². The van der Waals surface area contributed by atoms with Gasteiger partial charge in [-0.2, -0.15) is 0 Å². The Labute approximate surface area is 125 Å². The van der Waals surface area contributed by atoms with Gasteiger partial charge in [-0.05, 0) is 31.0 Å². The molecule has 0 saturated carbocycles. The van der Waals surface area contributed by atoms with Crippen LogP contribution in [0.5, 0.6) is 0 Å². The van der Waals surface area contributed by atoms with Crippen molar-refractivity contribution >= 4 is 29.1 Å². The van der Waals surface area contributed by atoms with Crippen molar-refractivity contribution in [3.63, 3.8) is 0 Å². The van der Waals surface area contributed by atoms with E-state index in [9.17, 15) is 9.59 Å². The zero-order chi connectivity index (χ0) is 15.1. The normalized spacial score (nSPS) is 10.2. The van der Waals surface area contributed by atoms with Gasteiger partial charge in [0.05, 0.1) is 6.54 Å². The van der Waals surface area contributed by atoms with Gasteiger partial charge in [0, 0.05) is 24.2 Å². The van der Waals surface area contributed by atoms with Crippen LogP contribution in [-0.4, -0.2) is 29.8 Å². The van der Waals surface area contributed by atoms with E-state index in [1.165, 1.54) is 6.92 Å². The van der Waals surface area contributed by atoms with Gasteiger partial charge in [0.25, 0.3) is 0 Å². The SMILES string of the molecule is CCCCN(CC(=O)Nc1ccc(C)c(Cl)c1)C(C)=O. The number of halogens is 1. The number of nitrogens with one attached hydrogen (secondary N) is 1. The van der Waals surface area contributed by atoms with Crippen LogP contribution < -0.4 is 5.32 Å². The monoisotopic (exact) mass is 296 g/mol. The second-order valence-electron chi connectivity index (χ2n) is 4.81. The van der Waals surface area contributed by atoms with Crippen LogP contribution in [0, 0.1) is 6.92 Å². The van der Waals surface area contributed by atoms with E-state index in [-0.39, 0.29) is 18.4 Å². The van der Waals surface area contributed by atoms with Gasteiger partial charge in [-0.1, -0.05) is 31.0 Å². The number of carbonyl (C=O) groups is 2. The van der Waals surface area contributed by atoms with Gasteiger partial charge in [-0.15, -0.1) is 0 Å². The van der Waals surface area contributed by atoms with Crippen molar-refractivity contribution in [2.75, 3.05) is 18.4 Å². The minimum absolute atomic E-state index is 0.0703. The van der Waals surface area contributed by atoms with Crippen LogP contribution >= 0.6 is 11.6 Å². The average molecular weight is 297 g/mol. The maximum atomic E-state index is 11.9. The number of rotatable bonds is 6. The number of nitrogens with zero attached hydrogens (tertiary/aromatic N) is 1. The quantitative estimate of drug-likeness (QED) is 0.876. The molecule has 0 atom stereocenters. The van der Waals surface area contributed by atoms with E-state index in [0.717, 1.165) is 18.4 Å². The van der Waals surface area contributed by atoms with E-state index in [1.54, 1.807) is 17.0 Å². The molecule has 0 unspecified atom stereocenters. The summed E-state index contributed by atoms with van der Waals surface area (Å²) >= 11 is 6.01. The van der Waals surface area contributed by atoms with Crippen LogP contribution in [0.15, 0.2) is 18.2 Å². The Balaban J connectivity index is 2.60. The second kappa shape index (κ2) is 7.90. The van der Waals surface area contributed by atoms with E-state index in [0.29, 0.717) is 17.3 Å². The summed E-state index contributed by atoms with van der Waals surface area (Å²) in [5.41, 5.74) is 1.60. The van der Waals surface area contributed by atoms with E-state index in [1.807, 2.05) is 19.9 Å². The van der Waals surface area contributed by atoms with E-state index in [2.05, 4.69) is 5.32 Å². The fraction of sp³-hybridized carbons (Fsp3) is 0.467. The van der Waals surface area contributed by atoms with Crippen molar-refractivity contribution < 1.29 is 9.59 Å². The van der Waals surface area contributed by atoms with Gasteiger partial charge in [0.2, 0.25) is 11.8 Å². The third-order valence-electron chi connectivity index (χ3n) is 3.02. The summed E-state index contributed by atoms with van der Waals surface area (Å²) in [5.74, 6) is -0.299. The van der Waals surface area contributed by atoms with Crippen molar-refractivity contribution in [3.05, 3.63) is 28.8 Å². The smallest absolute Gasteiger partial charge is 0.243 e. The Morgan fingerprint density at radius 1 is 1.35 bits per heavy atom. The first-order valence-corrected chi connectivity index (χ1v) is 7.13. The molecular formula is C15H21ClN2O2. The minimum atomic E-state index is -0.212. The van der Waals surface area contributed by atoms with E-state index < -0.39 is 0 Å². The maximum absolute atomic E-state index is 11.9. The highest BCUT2D eigenvalue weighted by Gasteiger charge is 2.13. The van der Waals surface area contributed by atoms with Gasteiger partial charge in [-0.25, -0.2) is 0 Å². The Hall–Kier alpha value is -1.55. The zero-order valence-electron chi connectivity index (χ0n) is 12.2. The number of hydrogen-bond donors (Lipinski definition) is 1. The molecule has 0 spiro atoms. The van der Waals surface area contributed by atoms with Crippen molar-refractivity contribution in [3.8, 4) is 0 Å². The molecule has 20 heavy (non-hydrogen) atoms. The average Bonchev–Trinajstić information content (AvgIpc) is 2.38. The summed E-state index contributed by atoms with van der Waals surface area (Å²) in [5, 5.41) is 3.36. The maximum Gasteiger partial charge on any atom is 0.243 e. The highest BCUT2D eigenvalue weighted by molar-refractivity contribution is 6.31. The Kier molecular flexibility index (Phi) is 6.52. The molecule has 1 rings (SSSR count). The van der Waals surface area contributed by atoms with Crippen LogP contribution in [0.1, 0.15) is 32.3 Å². The van der Waals surface area contributed by atoms with E-state index >= 15 is 0 Å². The lowest BCUT2D eigenvalue weighted by Gasteiger charge is -2.20. The van der Waals surface area contributed by atoms with Crippen molar-refractivity contribution in [2.45, 2.75) is 33.6 Å². The molecule has 4 nitrogen and oxygen atoms in total. The summed E-state index contributed by atoms with van der Waals surface area (Å²) in [6.07, 6.45) is 1.88. The first kappa shape index (κ1) is 16.5. The molecule has 0 radical (unpaired) electrons. The molecule has 2 amide bonds. The van der Waals surface area contributed by atoms with E-state index in [4.69, 9.17) is 11.6 Å². The van der Waals surface area contributed by atoms with Crippen molar-refractivity contribution in [1.82, 2.24) is 4.90 Å². The molecule has 0 heterocycles. The number of carbonyl (C=O) groups excluding carboxylic acids is 2. The molecule has 0 saturated heterocycles. The molecule has 1 N–H and O–H groups in total. The van der Waals surface area contributed by atoms with Crippen LogP contribution in [0.2, 0.25) is 5.02 Å². The van der Waals surface area contributed by atoms with Crippen molar-refractivity contribution in [1.29, 1.82) is 0 Å².